The maximum absolute atomic E-state index is 6.10. The molecular weight excluding hydrogens is 236 g/mol. The highest BCUT2D eigenvalue weighted by Gasteiger charge is 2.27. The smallest absolute Gasteiger partial charge is 0.218 e. The summed E-state index contributed by atoms with van der Waals surface area (Å²) in [6.45, 7) is 1.96. The molecule has 90 valence electrons. The van der Waals surface area contributed by atoms with E-state index in [1.54, 1.807) is 7.05 Å². The summed E-state index contributed by atoms with van der Waals surface area (Å²) in [6, 6.07) is 7.67. The zero-order chi connectivity index (χ0) is 12.4. The molecule has 5 heteroatoms. The number of aliphatic imine (C=N–C) groups is 2. The summed E-state index contributed by atoms with van der Waals surface area (Å²) in [5.74, 6) is 0.637. The van der Waals surface area contributed by atoms with E-state index in [1.807, 2.05) is 31.2 Å². The van der Waals surface area contributed by atoms with Crippen molar-refractivity contribution in [3.8, 4) is 0 Å². The predicted octanol–water partition coefficient (Wildman–Crippen LogP) is 1.76. The Hall–Kier alpha value is -1.39. The molecule has 0 radical (unpaired) electrons. The van der Waals surface area contributed by atoms with Gasteiger partial charge < -0.3 is 11.1 Å². The average molecular weight is 251 g/mol. The third-order valence-electron chi connectivity index (χ3n) is 2.83. The zero-order valence-corrected chi connectivity index (χ0v) is 10.6. The molecule has 1 aromatic rings. The molecule has 0 fully saturated rings. The third-order valence-corrected chi connectivity index (χ3v) is 3.08. The Morgan fingerprint density at radius 2 is 2.00 bits per heavy atom. The van der Waals surface area contributed by atoms with Gasteiger partial charge in [0.05, 0.1) is 12.1 Å². The molecule has 0 amide bonds. The first-order chi connectivity index (χ1) is 8.11. The number of nitrogens with one attached hydrogen (secondary N) is 1. The van der Waals surface area contributed by atoms with Gasteiger partial charge in [-0.15, -0.1) is 0 Å². The van der Waals surface area contributed by atoms with Crippen LogP contribution in [0.5, 0.6) is 0 Å². The zero-order valence-electron chi connectivity index (χ0n) is 9.81. The Bertz CT molecular complexity index is 464. The number of halogens is 1. The lowest BCUT2D eigenvalue weighted by molar-refractivity contribution is 0.577. The summed E-state index contributed by atoms with van der Waals surface area (Å²) in [7, 11) is 1.69. The van der Waals surface area contributed by atoms with Crippen LogP contribution >= 0.6 is 11.6 Å². The lowest BCUT2D eigenvalue weighted by Crippen LogP contribution is -2.51. The van der Waals surface area contributed by atoms with E-state index in [0.717, 1.165) is 16.3 Å². The molecule has 0 saturated heterocycles. The van der Waals surface area contributed by atoms with Crippen LogP contribution in [0.25, 0.3) is 0 Å². The summed E-state index contributed by atoms with van der Waals surface area (Å²) in [5, 5.41) is 3.79. The quantitative estimate of drug-likeness (QED) is 0.798. The molecule has 0 saturated carbocycles. The van der Waals surface area contributed by atoms with Crippen LogP contribution in [0.4, 0.5) is 0 Å². The van der Waals surface area contributed by atoms with Crippen molar-refractivity contribution in [3.05, 3.63) is 34.9 Å². The van der Waals surface area contributed by atoms with Crippen molar-refractivity contribution in [2.24, 2.45) is 15.7 Å². The van der Waals surface area contributed by atoms with Gasteiger partial charge in [0.15, 0.2) is 0 Å². The van der Waals surface area contributed by atoms with E-state index < -0.39 is 0 Å². The number of hydrogen-bond acceptors (Lipinski definition) is 2. The Morgan fingerprint density at radius 1 is 1.35 bits per heavy atom. The molecule has 2 rings (SSSR count). The van der Waals surface area contributed by atoms with E-state index in [0.29, 0.717) is 5.96 Å². The largest absolute Gasteiger partial charge is 0.338 e. The second-order valence-electron chi connectivity index (χ2n) is 4.00. The van der Waals surface area contributed by atoms with Crippen LogP contribution in [-0.4, -0.2) is 24.9 Å². The van der Waals surface area contributed by atoms with Crippen LogP contribution in [-0.2, 0) is 0 Å². The highest BCUT2D eigenvalue weighted by Crippen LogP contribution is 2.23. The summed E-state index contributed by atoms with van der Waals surface area (Å²) in [4.78, 5) is 8.38. The van der Waals surface area contributed by atoms with Crippen molar-refractivity contribution in [1.82, 2.24) is 5.32 Å². The van der Waals surface area contributed by atoms with Crippen LogP contribution in [0.15, 0.2) is 34.3 Å². The molecule has 2 atom stereocenters. The molecule has 1 aliphatic heterocycles. The number of nitrogens with zero attached hydrogens (tertiary/aromatic N) is 2. The normalized spacial score (nSPS) is 26.6. The number of guanidine groups is 1. The first kappa shape index (κ1) is 12.1. The molecule has 3 N–H and O–H groups in total. The Labute approximate surface area is 106 Å². The molecule has 0 spiro atoms. The third kappa shape index (κ3) is 2.48. The van der Waals surface area contributed by atoms with E-state index >= 15 is 0 Å². The Morgan fingerprint density at radius 3 is 2.53 bits per heavy atom. The number of nitrogens with two attached hydrogens (primary N) is 1. The minimum absolute atomic E-state index is 0.0535. The van der Waals surface area contributed by atoms with Crippen LogP contribution in [0.2, 0.25) is 5.02 Å². The lowest BCUT2D eigenvalue weighted by atomic mass is 9.91. The van der Waals surface area contributed by atoms with Crippen molar-refractivity contribution in [1.29, 1.82) is 0 Å². The van der Waals surface area contributed by atoms with Gasteiger partial charge in [-0.2, -0.15) is 0 Å². The highest BCUT2D eigenvalue weighted by atomic mass is 35.5. The highest BCUT2D eigenvalue weighted by molar-refractivity contribution is 6.30. The van der Waals surface area contributed by atoms with E-state index in [-0.39, 0.29) is 12.1 Å². The van der Waals surface area contributed by atoms with Crippen LogP contribution in [0, 0.1) is 0 Å². The second kappa shape index (κ2) is 4.85. The van der Waals surface area contributed by atoms with E-state index in [2.05, 4.69) is 15.3 Å². The van der Waals surface area contributed by atoms with Gasteiger partial charge in [-0.3, -0.25) is 4.99 Å². The molecule has 1 aliphatic rings. The molecule has 17 heavy (non-hydrogen) atoms. The Balaban J connectivity index is 2.35. The van der Waals surface area contributed by atoms with Gasteiger partial charge in [-0.1, -0.05) is 23.7 Å². The minimum atomic E-state index is -0.215. The monoisotopic (exact) mass is 250 g/mol. The van der Waals surface area contributed by atoms with Crippen LogP contribution in [0.3, 0.4) is 0 Å². The van der Waals surface area contributed by atoms with Gasteiger partial charge in [0.1, 0.15) is 0 Å². The van der Waals surface area contributed by atoms with Crippen molar-refractivity contribution in [2.75, 3.05) is 7.05 Å². The first-order valence-corrected chi connectivity index (χ1v) is 5.79. The van der Waals surface area contributed by atoms with Gasteiger partial charge in [-0.05, 0) is 24.6 Å². The predicted molar refractivity (Wildman–Crippen MR) is 71.8 cm³/mol. The van der Waals surface area contributed by atoms with Gasteiger partial charge >= 0.3 is 0 Å². The molecule has 0 aliphatic carbocycles. The summed E-state index contributed by atoms with van der Waals surface area (Å²) in [6.07, 6.45) is -0.215. The molecular formula is C12H15ClN4. The number of benzene rings is 1. The number of rotatable bonds is 1. The minimum Gasteiger partial charge on any atom is -0.338 e. The summed E-state index contributed by atoms with van der Waals surface area (Å²) >= 11 is 5.87. The van der Waals surface area contributed by atoms with E-state index in [9.17, 15) is 0 Å². The molecule has 1 aromatic carbocycles. The molecule has 2 unspecified atom stereocenters. The first-order valence-electron chi connectivity index (χ1n) is 5.41. The second-order valence-corrected chi connectivity index (χ2v) is 4.44. The van der Waals surface area contributed by atoms with Crippen molar-refractivity contribution in [3.63, 3.8) is 0 Å². The topological polar surface area (TPSA) is 62.8 Å². The van der Waals surface area contributed by atoms with Gasteiger partial charge in [0.2, 0.25) is 5.96 Å². The van der Waals surface area contributed by atoms with Crippen molar-refractivity contribution in [2.45, 2.75) is 19.0 Å². The van der Waals surface area contributed by atoms with E-state index in [1.165, 1.54) is 0 Å². The van der Waals surface area contributed by atoms with Crippen LogP contribution in [0.1, 0.15) is 18.4 Å². The van der Waals surface area contributed by atoms with Crippen LogP contribution < -0.4 is 11.1 Å². The fraction of sp³-hybridized carbons (Fsp3) is 0.333. The summed E-state index contributed by atoms with van der Waals surface area (Å²) in [5.41, 5.74) is 8.16. The van der Waals surface area contributed by atoms with Gasteiger partial charge in [0, 0.05) is 17.8 Å². The lowest BCUT2D eigenvalue weighted by Gasteiger charge is -2.29. The summed E-state index contributed by atoms with van der Waals surface area (Å²) < 4.78 is 0. The van der Waals surface area contributed by atoms with Gasteiger partial charge in [-0.25, -0.2) is 4.99 Å². The number of hydrogen-bond donors (Lipinski definition) is 2. The maximum Gasteiger partial charge on any atom is 0.218 e. The maximum atomic E-state index is 6.10. The Kier molecular flexibility index (Phi) is 3.45. The van der Waals surface area contributed by atoms with Gasteiger partial charge in [0.25, 0.3) is 0 Å². The molecule has 0 bridgehead atoms. The molecule has 1 heterocycles. The van der Waals surface area contributed by atoms with Crippen molar-refractivity contribution >= 4 is 23.3 Å². The van der Waals surface area contributed by atoms with Crippen molar-refractivity contribution < 1.29 is 0 Å². The molecule has 0 aromatic heterocycles. The average Bonchev–Trinajstić information content (AvgIpc) is 2.30. The van der Waals surface area contributed by atoms with E-state index in [4.69, 9.17) is 17.3 Å². The standard InChI is InChI=1S/C12H15ClN4/c1-7-10(8-3-5-9(13)6-4-8)11(14)17-12(15-2)16-7/h3-6,10-11H,14H2,1-2H3,(H,15,17). The fourth-order valence-electron chi connectivity index (χ4n) is 1.99. The SMILES string of the molecule is CN=C1N=C(C)C(c2ccc(Cl)cc2)C(N)N1. The molecule has 4 nitrogen and oxygen atoms in total. The fourth-order valence-corrected chi connectivity index (χ4v) is 2.12.